The molecule has 0 saturated heterocycles. The molecule has 12 heteroatoms. The van der Waals surface area contributed by atoms with Crippen LogP contribution < -0.4 is 15.9 Å². The summed E-state index contributed by atoms with van der Waals surface area (Å²) in [6, 6.07) is 13.6. The molecule has 0 saturated carbocycles. The van der Waals surface area contributed by atoms with Gasteiger partial charge in [0.05, 0.1) is 17.4 Å². The van der Waals surface area contributed by atoms with Gasteiger partial charge in [0, 0.05) is 30.7 Å². The van der Waals surface area contributed by atoms with Gasteiger partial charge in [-0.25, -0.2) is 29.1 Å². The van der Waals surface area contributed by atoms with E-state index in [1.54, 1.807) is 54.0 Å². The summed E-state index contributed by atoms with van der Waals surface area (Å²) in [5.41, 5.74) is 2.75. The summed E-state index contributed by atoms with van der Waals surface area (Å²) < 4.78 is 7.27. The zero-order valence-electron chi connectivity index (χ0n) is 25.0. The third-order valence-electron chi connectivity index (χ3n) is 6.83. The van der Waals surface area contributed by atoms with E-state index in [9.17, 15) is 14.4 Å². The molecule has 0 spiro atoms. The Labute approximate surface area is 254 Å². The van der Waals surface area contributed by atoms with Crippen molar-refractivity contribution in [2.24, 2.45) is 0 Å². The number of carbonyl (C=O) groups excluding carboxylic acids is 2. The number of ether oxygens (including phenoxy) is 1. The largest absolute Gasteiger partial charge is 0.458 e. The first-order valence-electron chi connectivity index (χ1n) is 14.3. The van der Waals surface area contributed by atoms with Crippen LogP contribution >= 0.6 is 0 Å². The van der Waals surface area contributed by atoms with Gasteiger partial charge < -0.3 is 19.9 Å². The highest BCUT2D eigenvalue weighted by Gasteiger charge is 2.28. The molecule has 0 aliphatic rings. The molecular weight excluding hydrogens is 560 g/mol. The lowest BCUT2D eigenvalue weighted by Gasteiger charge is -2.27. The second-order valence-corrected chi connectivity index (χ2v) is 11.1. The van der Waals surface area contributed by atoms with Crippen molar-refractivity contribution >= 4 is 34.5 Å². The Morgan fingerprint density at radius 3 is 2.48 bits per heavy atom. The van der Waals surface area contributed by atoms with Gasteiger partial charge >= 0.3 is 11.7 Å². The van der Waals surface area contributed by atoms with Crippen LogP contribution in [-0.2, 0) is 16.0 Å². The van der Waals surface area contributed by atoms with Crippen molar-refractivity contribution in [3.05, 3.63) is 101 Å². The highest BCUT2D eigenvalue weighted by atomic mass is 16.6. The minimum atomic E-state index is -0.780. The number of esters is 1. The molecule has 0 radical (unpaired) electrons. The summed E-state index contributed by atoms with van der Waals surface area (Å²) in [7, 11) is 0. The third-order valence-corrected chi connectivity index (χ3v) is 6.83. The molecule has 44 heavy (non-hydrogen) atoms. The minimum Gasteiger partial charge on any atom is -0.458 e. The first-order chi connectivity index (χ1) is 21.1. The van der Waals surface area contributed by atoms with Gasteiger partial charge in [-0.3, -0.25) is 9.78 Å². The van der Waals surface area contributed by atoms with Gasteiger partial charge in [-0.05, 0) is 82.5 Å². The van der Waals surface area contributed by atoms with E-state index in [4.69, 9.17) is 4.74 Å². The van der Waals surface area contributed by atoms with Crippen LogP contribution in [-0.4, -0.2) is 59.6 Å². The fraction of sp³-hybridized carbons (Fsp3) is 0.281. The number of hydrogen-bond donors (Lipinski definition) is 2. The normalized spacial score (nSPS) is 12.1. The molecule has 12 nitrogen and oxygen atoms in total. The minimum absolute atomic E-state index is 0.244. The number of rotatable bonds is 10. The van der Waals surface area contributed by atoms with Gasteiger partial charge in [0.25, 0.3) is 5.91 Å². The highest BCUT2D eigenvalue weighted by molar-refractivity contribution is 6.07. The number of pyridine rings is 2. The molecule has 4 heterocycles. The third kappa shape index (κ3) is 6.80. The lowest BCUT2D eigenvalue weighted by atomic mass is 10.0. The zero-order valence-corrected chi connectivity index (χ0v) is 25.0. The predicted octanol–water partition coefficient (Wildman–Crippen LogP) is 4.32. The van der Waals surface area contributed by atoms with Crippen molar-refractivity contribution in [3.63, 3.8) is 0 Å². The number of fused-ring (bicyclic) bond motifs is 1. The summed E-state index contributed by atoms with van der Waals surface area (Å²) in [4.78, 5) is 60.6. The molecule has 0 bridgehead atoms. The van der Waals surface area contributed by atoms with E-state index in [1.807, 2.05) is 52.0 Å². The van der Waals surface area contributed by atoms with Crippen LogP contribution in [0.5, 0.6) is 0 Å². The Hall–Kier alpha value is -5.39. The fourth-order valence-corrected chi connectivity index (χ4v) is 4.79. The number of nitrogens with one attached hydrogen (secondary N) is 2. The Bertz CT molecular complexity index is 1810. The number of amides is 1. The monoisotopic (exact) mass is 594 g/mol. The van der Waals surface area contributed by atoms with Crippen LogP contribution in [0.3, 0.4) is 0 Å². The van der Waals surface area contributed by atoms with Crippen molar-refractivity contribution < 1.29 is 14.3 Å². The summed E-state index contributed by atoms with van der Waals surface area (Å²) in [5, 5.41) is 3.23. The van der Waals surface area contributed by atoms with Crippen molar-refractivity contribution in [2.45, 2.75) is 52.2 Å². The molecule has 0 unspecified atom stereocenters. The molecule has 0 fully saturated rings. The maximum atomic E-state index is 13.4. The molecule has 0 aliphatic heterocycles. The van der Waals surface area contributed by atoms with E-state index < -0.39 is 17.6 Å². The molecule has 5 aromatic rings. The number of anilines is 2. The Balaban J connectivity index is 1.38. The molecule has 5 rings (SSSR count). The van der Waals surface area contributed by atoms with Gasteiger partial charge in [-0.1, -0.05) is 12.1 Å². The first-order valence-corrected chi connectivity index (χ1v) is 14.3. The van der Waals surface area contributed by atoms with E-state index in [2.05, 4.69) is 30.2 Å². The molecule has 4 aromatic heterocycles. The number of nitrogens with zero attached hydrogens (tertiary/aromatic N) is 6. The van der Waals surface area contributed by atoms with E-state index >= 15 is 0 Å². The topological polar surface area (TPSA) is 148 Å². The average Bonchev–Trinajstić information content (AvgIpc) is 3.35. The molecule has 0 aliphatic carbocycles. The number of aromatic amines is 1. The summed E-state index contributed by atoms with van der Waals surface area (Å²) >= 11 is 0. The van der Waals surface area contributed by atoms with Crippen LogP contribution in [0.25, 0.3) is 16.9 Å². The standard InChI is InChI=1S/C32H34N8O4/c1-5-39(29(41)22-14-17-33-18-15-22)26-19-34-20-36-27(26)37-25(30(42)44-32(2,3)4)13-10-21-8-11-23(12-9-21)40-28-24(38-31(40)43)7-6-16-35-28/h6-9,11-12,14-20,25H,5,10,13H2,1-4H3,(H,38,43)(H,34,36,37)/t25-/m0/s1. The maximum absolute atomic E-state index is 13.4. The van der Waals surface area contributed by atoms with Crippen LogP contribution in [0.2, 0.25) is 0 Å². The predicted molar refractivity (Wildman–Crippen MR) is 167 cm³/mol. The number of carbonyl (C=O) groups is 2. The van der Waals surface area contributed by atoms with Gasteiger partial charge in [0.2, 0.25) is 0 Å². The maximum Gasteiger partial charge on any atom is 0.332 e. The average molecular weight is 595 g/mol. The molecule has 1 atom stereocenters. The summed E-state index contributed by atoms with van der Waals surface area (Å²) in [5.74, 6) is -0.355. The van der Waals surface area contributed by atoms with Crippen molar-refractivity contribution in [1.82, 2.24) is 29.5 Å². The van der Waals surface area contributed by atoms with Crippen LogP contribution in [0.4, 0.5) is 11.5 Å². The fourth-order valence-electron chi connectivity index (χ4n) is 4.79. The second kappa shape index (κ2) is 12.9. The number of benzene rings is 1. The number of hydrogen-bond acceptors (Lipinski definition) is 9. The first kappa shape index (κ1) is 30.1. The SMILES string of the molecule is CCN(C(=O)c1ccncc1)c1cncnc1N[C@@H](CCc1ccc(-n2c(=O)[nH]c3cccnc32)cc1)C(=O)OC(C)(C)C. The van der Waals surface area contributed by atoms with Gasteiger partial charge in [0.15, 0.2) is 11.5 Å². The quantitative estimate of drug-likeness (QED) is 0.226. The lowest BCUT2D eigenvalue weighted by molar-refractivity contribution is -0.155. The Morgan fingerprint density at radius 2 is 1.77 bits per heavy atom. The lowest BCUT2D eigenvalue weighted by Crippen LogP contribution is -2.38. The van der Waals surface area contributed by atoms with E-state index in [0.29, 0.717) is 53.3 Å². The number of imidazole rings is 1. The zero-order chi connectivity index (χ0) is 31.3. The van der Waals surface area contributed by atoms with Crippen molar-refractivity contribution in [1.29, 1.82) is 0 Å². The van der Waals surface area contributed by atoms with Crippen molar-refractivity contribution in [3.8, 4) is 5.69 Å². The van der Waals surface area contributed by atoms with Crippen LogP contribution in [0.1, 0.15) is 50.0 Å². The summed E-state index contributed by atoms with van der Waals surface area (Å²) in [6.07, 6.45) is 8.56. The number of aryl methyl sites for hydroxylation is 1. The Kier molecular flexibility index (Phi) is 8.79. The molecule has 2 N–H and O–H groups in total. The smallest absolute Gasteiger partial charge is 0.332 e. The molecule has 1 amide bonds. The van der Waals surface area contributed by atoms with E-state index in [1.165, 1.54) is 10.9 Å². The molecule has 226 valence electrons. The van der Waals surface area contributed by atoms with E-state index in [0.717, 1.165) is 5.56 Å². The molecular formula is C32H34N8O4. The van der Waals surface area contributed by atoms with Gasteiger partial charge in [-0.15, -0.1) is 0 Å². The van der Waals surface area contributed by atoms with E-state index in [-0.39, 0.29) is 11.6 Å². The summed E-state index contributed by atoms with van der Waals surface area (Å²) in [6.45, 7) is 7.63. The van der Waals surface area contributed by atoms with Crippen LogP contribution in [0, 0.1) is 0 Å². The van der Waals surface area contributed by atoms with Gasteiger partial charge in [-0.2, -0.15) is 0 Å². The second-order valence-electron chi connectivity index (χ2n) is 11.1. The number of H-pyrrole nitrogens is 1. The number of aromatic nitrogens is 6. The Morgan fingerprint density at radius 1 is 1.02 bits per heavy atom. The van der Waals surface area contributed by atoms with Crippen LogP contribution in [0.15, 0.2) is 84.4 Å². The van der Waals surface area contributed by atoms with Gasteiger partial charge in [0.1, 0.15) is 23.7 Å². The van der Waals surface area contributed by atoms with Crippen molar-refractivity contribution in [2.75, 3.05) is 16.8 Å². The highest BCUT2D eigenvalue weighted by Crippen LogP contribution is 2.26. The molecule has 1 aromatic carbocycles.